The van der Waals surface area contributed by atoms with Crippen molar-refractivity contribution in [2.45, 2.75) is 44.9 Å². The average Bonchev–Trinajstić information content (AvgIpc) is 2.49. The second-order valence-corrected chi connectivity index (χ2v) is 6.36. The van der Waals surface area contributed by atoms with Crippen molar-refractivity contribution in [3.05, 3.63) is 35.9 Å². The number of halogens is 3. The first-order chi connectivity index (χ1) is 11.1. The van der Waals surface area contributed by atoms with E-state index in [-0.39, 0.29) is 30.5 Å². The smallest absolute Gasteiger partial charge is 0.372 e. The molecule has 0 heterocycles. The van der Waals surface area contributed by atoms with Gasteiger partial charge < -0.3 is 15.4 Å². The maximum absolute atomic E-state index is 11.9. The molecule has 2 N–H and O–H groups in total. The van der Waals surface area contributed by atoms with Crippen LogP contribution in [0.3, 0.4) is 0 Å². The van der Waals surface area contributed by atoms with Gasteiger partial charge in [0.05, 0.1) is 6.61 Å². The van der Waals surface area contributed by atoms with E-state index in [0.717, 1.165) is 5.56 Å². The van der Waals surface area contributed by atoms with E-state index in [1.54, 1.807) is 0 Å². The van der Waals surface area contributed by atoms with Crippen LogP contribution in [-0.2, 0) is 9.53 Å². The molecule has 1 atom stereocenters. The van der Waals surface area contributed by atoms with Crippen LogP contribution in [0.4, 0.5) is 13.2 Å². The second-order valence-electron chi connectivity index (χ2n) is 6.36. The van der Waals surface area contributed by atoms with E-state index >= 15 is 0 Å². The summed E-state index contributed by atoms with van der Waals surface area (Å²) < 4.78 is 40.2. The maximum Gasteiger partial charge on any atom is 0.411 e. The van der Waals surface area contributed by atoms with Gasteiger partial charge in [0.2, 0.25) is 5.91 Å². The fourth-order valence-electron chi connectivity index (χ4n) is 2.22. The first-order valence-corrected chi connectivity index (χ1v) is 7.83. The predicted molar refractivity (Wildman–Crippen MR) is 86.6 cm³/mol. The Morgan fingerprint density at radius 3 is 2.42 bits per heavy atom. The molecule has 0 fully saturated rings. The lowest BCUT2D eigenvalue weighted by molar-refractivity contribution is -0.174. The van der Waals surface area contributed by atoms with Gasteiger partial charge in [0.1, 0.15) is 6.61 Å². The molecule has 0 aliphatic carbocycles. The van der Waals surface area contributed by atoms with Crippen LogP contribution >= 0.6 is 0 Å². The van der Waals surface area contributed by atoms with E-state index in [9.17, 15) is 18.0 Å². The van der Waals surface area contributed by atoms with Gasteiger partial charge in [-0.3, -0.25) is 4.79 Å². The van der Waals surface area contributed by atoms with Gasteiger partial charge in [0, 0.05) is 24.5 Å². The molecule has 1 rings (SSSR count). The molecule has 1 aromatic carbocycles. The first kappa shape index (κ1) is 20.4. The van der Waals surface area contributed by atoms with E-state index in [0.29, 0.717) is 6.54 Å². The molecule has 0 saturated heterocycles. The van der Waals surface area contributed by atoms with Crippen molar-refractivity contribution >= 4 is 5.91 Å². The van der Waals surface area contributed by atoms with Crippen molar-refractivity contribution in [3.63, 3.8) is 0 Å². The lowest BCUT2D eigenvalue weighted by atomic mass is 10.0. The summed E-state index contributed by atoms with van der Waals surface area (Å²) in [4.78, 5) is 11.7. The number of hydrogen-bond donors (Lipinski definition) is 2. The molecule has 1 amide bonds. The van der Waals surface area contributed by atoms with Gasteiger partial charge in [-0.2, -0.15) is 13.2 Å². The zero-order valence-corrected chi connectivity index (χ0v) is 14.2. The van der Waals surface area contributed by atoms with Crippen LogP contribution in [0.25, 0.3) is 0 Å². The summed E-state index contributed by atoms with van der Waals surface area (Å²) in [6, 6.07) is 10.0. The Balaban J connectivity index is 2.30. The summed E-state index contributed by atoms with van der Waals surface area (Å²) in [5.41, 5.74) is 0.773. The maximum atomic E-state index is 11.9. The van der Waals surface area contributed by atoms with Gasteiger partial charge in [-0.15, -0.1) is 0 Å². The minimum Gasteiger partial charge on any atom is -0.372 e. The summed E-state index contributed by atoms with van der Waals surface area (Å²) in [5, 5.41) is 6.14. The lowest BCUT2D eigenvalue weighted by Crippen LogP contribution is -2.49. The summed E-state index contributed by atoms with van der Waals surface area (Å²) in [7, 11) is 0. The number of alkyl halides is 3. The van der Waals surface area contributed by atoms with Crippen molar-refractivity contribution in [1.82, 2.24) is 10.6 Å². The van der Waals surface area contributed by atoms with Crippen LogP contribution in [0.2, 0.25) is 0 Å². The number of hydrogen-bond acceptors (Lipinski definition) is 3. The van der Waals surface area contributed by atoms with E-state index in [4.69, 9.17) is 0 Å². The highest BCUT2D eigenvalue weighted by Crippen LogP contribution is 2.16. The van der Waals surface area contributed by atoms with E-state index in [2.05, 4.69) is 15.4 Å². The number of carbonyl (C=O) groups is 1. The molecule has 24 heavy (non-hydrogen) atoms. The average molecular weight is 346 g/mol. The molecule has 0 aromatic heterocycles. The van der Waals surface area contributed by atoms with Crippen LogP contribution in [0.5, 0.6) is 0 Å². The fourth-order valence-corrected chi connectivity index (χ4v) is 2.22. The normalized spacial score (nSPS) is 13.6. The fraction of sp³-hybridized carbons (Fsp3) is 0.588. The molecule has 0 bridgehead atoms. The molecule has 7 heteroatoms. The number of carbonyl (C=O) groups excluding carboxylic acids is 1. The van der Waals surface area contributed by atoms with Crippen molar-refractivity contribution in [3.8, 4) is 0 Å². The largest absolute Gasteiger partial charge is 0.411 e. The minimum absolute atomic E-state index is 0.0968. The zero-order chi connectivity index (χ0) is 18.2. The highest BCUT2D eigenvalue weighted by atomic mass is 19.4. The number of rotatable bonds is 9. The minimum atomic E-state index is -4.37. The summed E-state index contributed by atoms with van der Waals surface area (Å²) in [5.74, 6) is -0.334. The molecule has 0 radical (unpaired) electrons. The van der Waals surface area contributed by atoms with Crippen molar-refractivity contribution < 1.29 is 22.7 Å². The molecule has 4 nitrogen and oxygen atoms in total. The Morgan fingerprint density at radius 2 is 1.83 bits per heavy atom. The standard InChI is InChI=1S/C17H25F3N2O2/c1-13(14-7-5-4-6-8-14)22-16(2,3)11-21-15(23)9-10-24-12-17(18,19)20/h4-8,13,22H,9-12H2,1-3H3,(H,21,23). The molecule has 136 valence electrons. The number of nitrogens with one attached hydrogen (secondary N) is 2. The summed E-state index contributed by atoms with van der Waals surface area (Å²) >= 11 is 0. The molecule has 0 spiro atoms. The van der Waals surface area contributed by atoms with Crippen molar-refractivity contribution in [1.29, 1.82) is 0 Å². The number of ether oxygens (including phenoxy) is 1. The van der Waals surface area contributed by atoms with E-state index in [1.165, 1.54) is 0 Å². The first-order valence-electron chi connectivity index (χ1n) is 7.83. The molecule has 0 saturated carbocycles. The van der Waals surface area contributed by atoms with Crippen LogP contribution < -0.4 is 10.6 Å². The van der Waals surface area contributed by atoms with Gasteiger partial charge in [-0.25, -0.2) is 0 Å². The Labute approximate surface area is 140 Å². The topological polar surface area (TPSA) is 50.4 Å². The van der Waals surface area contributed by atoms with Gasteiger partial charge >= 0.3 is 6.18 Å². The van der Waals surface area contributed by atoms with Crippen LogP contribution in [0.1, 0.15) is 38.8 Å². The van der Waals surface area contributed by atoms with Gasteiger partial charge in [0.25, 0.3) is 0 Å². The van der Waals surface area contributed by atoms with E-state index in [1.807, 2.05) is 51.1 Å². The molecule has 0 aliphatic heterocycles. The molecular weight excluding hydrogens is 321 g/mol. The molecule has 1 aromatic rings. The molecule has 0 aliphatic rings. The van der Waals surface area contributed by atoms with Crippen molar-refractivity contribution in [2.24, 2.45) is 0 Å². The Hall–Kier alpha value is -1.60. The van der Waals surface area contributed by atoms with Gasteiger partial charge in [-0.05, 0) is 26.3 Å². The van der Waals surface area contributed by atoms with Crippen LogP contribution in [-0.4, -0.2) is 37.4 Å². The van der Waals surface area contributed by atoms with Gasteiger partial charge in [0.15, 0.2) is 0 Å². The van der Waals surface area contributed by atoms with Gasteiger partial charge in [-0.1, -0.05) is 30.3 Å². The third kappa shape index (κ3) is 8.88. The second kappa shape index (κ2) is 9.03. The van der Waals surface area contributed by atoms with Crippen LogP contribution in [0.15, 0.2) is 30.3 Å². The highest BCUT2D eigenvalue weighted by Gasteiger charge is 2.27. The Kier molecular flexibility index (Phi) is 7.69. The monoisotopic (exact) mass is 346 g/mol. The third-order valence-electron chi connectivity index (χ3n) is 3.37. The quantitative estimate of drug-likeness (QED) is 0.675. The summed E-state index contributed by atoms with van der Waals surface area (Å²) in [6.07, 6.45) is -4.46. The Bertz CT molecular complexity index is 504. The lowest BCUT2D eigenvalue weighted by Gasteiger charge is -2.31. The number of benzene rings is 1. The SMILES string of the molecule is CC(NC(C)(C)CNC(=O)CCOCC(F)(F)F)c1ccccc1. The molecular formula is C17H25F3N2O2. The summed E-state index contributed by atoms with van der Waals surface area (Å²) in [6.45, 7) is 4.72. The zero-order valence-electron chi connectivity index (χ0n) is 14.2. The van der Waals surface area contributed by atoms with Crippen LogP contribution in [0, 0.1) is 0 Å². The molecule has 1 unspecified atom stereocenters. The highest BCUT2D eigenvalue weighted by molar-refractivity contribution is 5.76. The number of amides is 1. The predicted octanol–water partition coefficient (Wildman–Crippen LogP) is 3.20. The van der Waals surface area contributed by atoms with Crippen molar-refractivity contribution in [2.75, 3.05) is 19.8 Å². The third-order valence-corrected chi connectivity index (χ3v) is 3.37. The van der Waals surface area contributed by atoms with E-state index < -0.39 is 12.8 Å². The Morgan fingerprint density at radius 1 is 1.21 bits per heavy atom.